The number of hydrogen-bond donors (Lipinski definition) is 3. The highest BCUT2D eigenvalue weighted by Crippen LogP contribution is 2.74. The number of benzene rings is 2. The van der Waals surface area contributed by atoms with Crippen molar-refractivity contribution in [1.82, 2.24) is 0 Å². The van der Waals surface area contributed by atoms with Crippen LogP contribution in [0.2, 0.25) is 0 Å². The van der Waals surface area contributed by atoms with Gasteiger partial charge < -0.3 is 0 Å². The summed E-state index contributed by atoms with van der Waals surface area (Å²) in [5, 5.41) is 2.04. The average molecular weight is 782 g/mol. The van der Waals surface area contributed by atoms with Gasteiger partial charge >= 0.3 is 0 Å². The molecule has 0 saturated heterocycles. The van der Waals surface area contributed by atoms with Crippen molar-refractivity contribution in [3.63, 3.8) is 0 Å². The van der Waals surface area contributed by atoms with Crippen LogP contribution in [0.1, 0.15) is 84.3 Å². The van der Waals surface area contributed by atoms with E-state index in [4.69, 9.17) is 37.9 Å². The molecule has 4 saturated carbocycles. The molecule has 5 heteroatoms. The molecule has 0 nitrogen and oxygen atoms in total. The first-order valence-corrected chi connectivity index (χ1v) is 19.6. The number of halogens is 2. The fourth-order valence-electron chi connectivity index (χ4n) is 9.69. The van der Waals surface area contributed by atoms with E-state index in [1.165, 1.54) is 66.7 Å². The van der Waals surface area contributed by atoms with Gasteiger partial charge in [0.15, 0.2) is 5.57 Å². The van der Waals surface area contributed by atoms with Crippen molar-refractivity contribution < 1.29 is 0 Å². The summed E-state index contributed by atoms with van der Waals surface area (Å²) in [5.41, 5.74) is 14.9. The van der Waals surface area contributed by atoms with Gasteiger partial charge in [0, 0.05) is 43.0 Å². The summed E-state index contributed by atoms with van der Waals surface area (Å²) in [6.07, 6.45) is 14.3. The summed E-state index contributed by atoms with van der Waals surface area (Å²) in [5.74, 6) is 4.15. The molecule has 7 rings (SSSR count). The fraction of sp³-hybridized carbons (Fsp3) is 0.475. The van der Waals surface area contributed by atoms with E-state index in [0.717, 1.165) is 42.2 Å². The van der Waals surface area contributed by atoms with Crippen LogP contribution in [0.3, 0.4) is 0 Å². The molecule has 0 aliphatic heterocycles. The van der Waals surface area contributed by atoms with Gasteiger partial charge in [-0.3, -0.25) is 0 Å². The zero-order valence-electron chi connectivity index (χ0n) is 27.2. The van der Waals surface area contributed by atoms with E-state index in [2.05, 4.69) is 133 Å². The summed E-state index contributed by atoms with van der Waals surface area (Å²) in [6.45, 7) is 11.1. The Kier molecular flexibility index (Phi) is 9.22. The van der Waals surface area contributed by atoms with E-state index in [1.807, 2.05) is 0 Å². The zero-order valence-corrected chi connectivity index (χ0v) is 33.0. The Morgan fingerprint density at radius 2 is 1.36 bits per heavy atom. The van der Waals surface area contributed by atoms with Gasteiger partial charge in [-0.25, -0.2) is 0 Å². The van der Waals surface area contributed by atoms with Gasteiger partial charge in [-0.05, 0) is 173 Å². The molecule has 0 heterocycles. The monoisotopic (exact) mass is 779 g/mol. The molecule has 2 aromatic rings. The van der Waals surface area contributed by atoms with Crippen LogP contribution in [0.5, 0.6) is 0 Å². The molecule has 0 amide bonds. The van der Waals surface area contributed by atoms with Crippen LogP contribution in [-0.2, 0) is 5.41 Å². The van der Waals surface area contributed by atoms with Gasteiger partial charge in [-0.2, -0.15) is 37.9 Å². The Labute approximate surface area is 304 Å². The first-order chi connectivity index (χ1) is 21.2. The number of hydrogen-bond acceptors (Lipinski definition) is 3. The second kappa shape index (κ2) is 12.2. The highest BCUT2D eigenvalue weighted by molar-refractivity contribution is 9.11. The summed E-state index contributed by atoms with van der Waals surface area (Å²) in [7, 11) is 0. The van der Waals surface area contributed by atoms with Crippen LogP contribution in [-0.4, -0.2) is 17.3 Å². The predicted molar refractivity (Wildman–Crippen MR) is 211 cm³/mol. The van der Waals surface area contributed by atoms with Crippen LogP contribution < -0.4 is 10.4 Å². The second-order valence-corrected chi connectivity index (χ2v) is 18.6. The first kappa shape index (κ1) is 34.0. The maximum atomic E-state index is 4.94. The van der Waals surface area contributed by atoms with Crippen LogP contribution in [0, 0.1) is 27.6 Å². The van der Waals surface area contributed by atoms with Crippen molar-refractivity contribution in [2.24, 2.45) is 21.7 Å². The van der Waals surface area contributed by atoms with Gasteiger partial charge in [0.25, 0.3) is 0 Å². The van der Waals surface area contributed by atoms with Gasteiger partial charge in [0.1, 0.15) is 0 Å². The Bertz CT molecular complexity index is 1690. The van der Waals surface area contributed by atoms with Crippen LogP contribution in [0.15, 0.2) is 74.2 Å². The second-order valence-electron chi connectivity index (χ2n) is 15.9. The van der Waals surface area contributed by atoms with Crippen LogP contribution in [0.4, 0.5) is 0 Å². The molecule has 0 aromatic heterocycles. The minimum atomic E-state index is 0.119. The molecule has 236 valence electrons. The third-order valence-electron chi connectivity index (χ3n) is 11.0. The highest BCUT2D eigenvalue weighted by Gasteiger charge is 2.67. The third kappa shape index (κ3) is 6.35. The summed E-state index contributed by atoms with van der Waals surface area (Å²) in [6, 6.07) is 13.6. The zero-order chi connectivity index (χ0) is 32.4. The van der Waals surface area contributed by atoms with Crippen molar-refractivity contribution in [2.45, 2.75) is 78.6 Å². The van der Waals surface area contributed by atoms with Crippen molar-refractivity contribution in [1.29, 1.82) is 0 Å². The standard InChI is InChI=1S/C40H44Br2S3/c1-26-12-31(36(3,4)5)13-27(2)32(26)16-33-34(41)14-29(15-35(33)42)7-6-28-8-10-30(11-9-28)40-20-37(23-43)17-38(21-40,24-44)19-39(18-37,22-40)25-45/h6,8-15H,17-25H2,1-5H3,(H2-,43,44,45)/p+1. The van der Waals surface area contributed by atoms with Crippen molar-refractivity contribution >= 4 is 87.3 Å². The first-order valence-electron chi connectivity index (χ1n) is 16.1. The quantitative estimate of drug-likeness (QED) is 0.195. The predicted octanol–water partition coefficient (Wildman–Crippen LogP) is 10.5. The lowest BCUT2D eigenvalue weighted by Gasteiger charge is -2.71. The molecule has 4 fully saturated rings. The maximum absolute atomic E-state index is 4.94. The van der Waals surface area contributed by atoms with Crippen molar-refractivity contribution in [3.8, 4) is 0 Å². The van der Waals surface area contributed by atoms with E-state index in [1.54, 1.807) is 0 Å². The topological polar surface area (TPSA) is 0 Å². The SMILES string of the molecule is CC1=CC(C(C)(C)C)=C[C+](C)C1=C=c1c(Br)cc(=C=Cc2ccc(C34CC5(CS)CC(CS)(CC(CS)(C5)C3)C4)cc2)cc1Br. The van der Waals surface area contributed by atoms with E-state index in [9.17, 15) is 0 Å². The smallest absolute Gasteiger partial charge is 0.153 e. The molecular weight excluding hydrogens is 736 g/mol. The summed E-state index contributed by atoms with van der Waals surface area (Å²) >= 11 is 22.5. The van der Waals surface area contributed by atoms with Gasteiger partial charge in [0.2, 0.25) is 0 Å². The van der Waals surface area contributed by atoms with Crippen LogP contribution in [0.25, 0.3) is 17.5 Å². The summed E-state index contributed by atoms with van der Waals surface area (Å²) < 4.78 is 2.00. The molecule has 0 atom stereocenters. The fourth-order valence-corrected chi connectivity index (χ4v) is 12.1. The van der Waals surface area contributed by atoms with Crippen LogP contribution >= 0.6 is 69.7 Å². The molecule has 5 aliphatic carbocycles. The van der Waals surface area contributed by atoms with Gasteiger partial charge in [-0.1, -0.05) is 24.3 Å². The number of rotatable bonds is 5. The average Bonchev–Trinajstić information content (AvgIpc) is 2.98. The molecule has 0 N–H and O–H groups in total. The van der Waals surface area contributed by atoms with Gasteiger partial charge in [-0.15, -0.1) is 5.73 Å². The third-order valence-corrected chi connectivity index (χ3v) is 14.3. The molecule has 2 aromatic carbocycles. The lowest BCUT2D eigenvalue weighted by molar-refractivity contribution is -0.145. The van der Waals surface area contributed by atoms with Crippen molar-refractivity contribution in [3.05, 3.63) is 102 Å². The van der Waals surface area contributed by atoms with Gasteiger partial charge in [0.05, 0.1) is 16.7 Å². The molecule has 4 bridgehead atoms. The van der Waals surface area contributed by atoms with Crippen molar-refractivity contribution in [2.75, 3.05) is 17.3 Å². The Hall–Kier alpha value is -0.900. The lowest BCUT2D eigenvalue weighted by atomic mass is 9.35. The largest absolute Gasteiger partial charge is 0.179 e. The van der Waals surface area contributed by atoms with E-state index in [-0.39, 0.29) is 10.8 Å². The summed E-state index contributed by atoms with van der Waals surface area (Å²) in [4.78, 5) is 0. The number of thiol groups is 3. The Balaban J connectivity index is 1.32. The van der Waals surface area contributed by atoms with E-state index >= 15 is 0 Å². The Morgan fingerprint density at radius 1 is 0.844 bits per heavy atom. The normalized spacial score (nSPS) is 30.5. The molecule has 0 radical (unpaired) electrons. The Morgan fingerprint density at radius 3 is 1.80 bits per heavy atom. The maximum Gasteiger partial charge on any atom is 0.153 e. The minimum absolute atomic E-state index is 0.119. The lowest BCUT2D eigenvalue weighted by Crippen LogP contribution is -2.64. The highest BCUT2D eigenvalue weighted by atomic mass is 79.9. The molecule has 0 spiro atoms. The molecular formula is C40H45Br2S3+. The van der Waals surface area contributed by atoms with E-state index < -0.39 is 0 Å². The molecule has 5 aliphatic rings. The molecule has 0 unspecified atom stereocenters. The number of allylic oxidation sites excluding steroid dienone is 5. The minimum Gasteiger partial charge on any atom is -0.179 e. The van der Waals surface area contributed by atoms with E-state index in [0.29, 0.717) is 16.2 Å². The molecule has 45 heavy (non-hydrogen) atoms.